The average Bonchev–Trinajstić information content (AvgIpc) is 2.40. The van der Waals surface area contributed by atoms with Crippen LogP contribution in [0, 0.1) is 5.82 Å². The number of anilines is 2. The van der Waals surface area contributed by atoms with Gasteiger partial charge in [0.25, 0.3) is 0 Å². The molecule has 0 aliphatic rings. The topological polar surface area (TPSA) is 98.2 Å². The van der Waals surface area contributed by atoms with E-state index in [1.165, 1.54) is 12.1 Å². The van der Waals surface area contributed by atoms with E-state index in [0.717, 1.165) is 11.6 Å². The van der Waals surface area contributed by atoms with Gasteiger partial charge in [0.2, 0.25) is 10.0 Å². The van der Waals surface area contributed by atoms with E-state index in [4.69, 9.17) is 10.9 Å². The van der Waals surface area contributed by atoms with Crippen LogP contribution in [0.3, 0.4) is 0 Å². The van der Waals surface area contributed by atoms with Gasteiger partial charge in [0.15, 0.2) is 0 Å². The molecule has 0 spiro atoms. The molecule has 0 radical (unpaired) electrons. The van der Waals surface area contributed by atoms with E-state index in [9.17, 15) is 12.8 Å². The highest BCUT2D eigenvalue weighted by atomic mass is 32.2. The minimum atomic E-state index is -3.92. The predicted octanol–water partition coefficient (Wildman–Crippen LogP) is 2.24. The van der Waals surface area contributed by atoms with Crippen molar-refractivity contribution >= 4 is 21.4 Å². The molecule has 21 heavy (non-hydrogen) atoms. The number of para-hydroxylation sites is 1. The lowest BCUT2D eigenvalue weighted by Gasteiger charge is -2.15. The van der Waals surface area contributed by atoms with Crippen molar-refractivity contribution in [3.63, 3.8) is 0 Å². The Hall–Kier alpha value is -1.96. The molecule has 112 valence electrons. The summed E-state index contributed by atoms with van der Waals surface area (Å²) in [5.41, 5.74) is 7.49. The number of halogens is 1. The molecule has 1 unspecified atom stereocenters. The third kappa shape index (κ3) is 3.57. The number of hydrogen-bond acceptors (Lipinski definition) is 4. The number of sulfonamides is 1. The van der Waals surface area contributed by atoms with E-state index in [0.29, 0.717) is 5.69 Å². The summed E-state index contributed by atoms with van der Waals surface area (Å²) in [6, 6.07) is 10.5. The summed E-state index contributed by atoms with van der Waals surface area (Å²) in [7, 11) is -3.92. The lowest BCUT2D eigenvalue weighted by atomic mass is 10.1. The van der Waals surface area contributed by atoms with Crippen molar-refractivity contribution in [2.24, 2.45) is 10.9 Å². The molecule has 0 aliphatic heterocycles. The van der Waals surface area contributed by atoms with Crippen molar-refractivity contribution < 1.29 is 12.8 Å². The van der Waals surface area contributed by atoms with Crippen LogP contribution >= 0.6 is 0 Å². The molecule has 0 amide bonds. The van der Waals surface area contributed by atoms with E-state index < -0.39 is 15.8 Å². The molecular weight excluding hydrogens is 293 g/mol. The van der Waals surface area contributed by atoms with Gasteiger partial charge in [0.1, 0.15) is 5.82 Å². The molecule has 7 heteroatoms. The Balaban J connectivity index is 2.37. The van der Waals surface area contributed by atoms with E-state index in [-0.39, 0.29) is 16.6 Å². The molecule has 0 aromatic heterocycles. The van der Waals surface area contributed by atoms with Crippen LogP contribution in [0.2, 0.25) is 0 Å². The standard InChI is InChI=1S/C14H16FN3O2S/c1-9(16)11-4-2-3-5-13(11)18-14-7-6-10(8-12(14)15)21(17,19)20/h2-9,18H,16H2,1H3,(H2,17,19,20). The number of nitrogens with two attached hydrogens (primary N) is 2. The highest BCUT2D eigenvalue weighted by Gasteiger charge is 2.13. The second-order valence-corrected chi connectivity index (χ2v) is 6.25. The third-order valence-electron chi connectivity index (χ3n) is 2.99. The largest absolute Gasteiger partial charge is 0.353 e. The Bertz CT molecular complexity index is 761. The van der Waals surface area contributed by atoms with E-state index in [1.54, 1.807) is 12.1 Å². The lowest BCUT2D eigenvalue weighted by molar-refractivity contribution is 0.593. The van der Waals surface area contributed by atoms with Crippen LogP contribution in [0.15, 0.2) is 47.4 Å². The van der Waals surface area contributed by atoms with Gasteiger partial charge in [-0.25, -0.2) is 17.9 Å². The molecule has 0 saturated heterocycles. The molecule has 5 nitrogen and oxygen atoms in total. The number of benzene rings is 2. The summed E-state index contributed by atoms with van der Waals surface area (Å²) >= 11 is 0. The van der Waals surface area contributed by atoms with Gasteiger partial charge in [0.05, 0.1) is 10.6 Å². The molecule has 2 aromatic carbocycles. The highest BCUT2D eigenvalue weighted by Crippen LogP contribution is 2.27. The molecule has 2 aromatic rings. The maximum Gasteiger partial charge on any atom is 0.238 e. The second kappa shape index (κ2) is 5.80. The first-order valence-electron chi connectivity index (χ1n) is 6.23. The zero-order valence-corrected chi connectivity index (χ0v) is 12.2. The molecule has 0 saturated carbocycles. The van der Waals surface area contributed by atoms with Crippen LogP contribution in [-0.4, -0.2) is 8.42 Å². The van der Waals surface area contributed by atoms with Gasteiger partial charge in [-0.15, -0.1) is 0 Å². The number of primary sulfonamides is 1. The first-order valence-corrected chi connectivity index (χ1v) is 7.77. The third-order valence-corrected chi connectivity index (χ3v) is 3.90. The fraction of sp³-hybridized carbons (Fsp3) is 0.143. The Labute approximate surface area is 122 Å². The van der Waals surface area contributed by atoms with Crippen LogP contribution in [-0.2, 0) is 10.0 Å². The molecule has 2 rings (SSSR count). The van der Waals surface area contributed by atoms with Crippen LogP contribution in [0.1, 0.15) is 18.5 Å². The van der Waals surface area contributed by atoms with Crippen molar-refractivity contribution in [3.05, 3.63) is 53.8 Å². The normalized spacial score (nSPS) is 13.0. The first-order chi connectivity index (χ1) is 9.79. The monoisotopic (exact) mass is 309 g/mol. The summed E-state index contributed by atoms with van der Waals surface area (Å²) in [6.07, 6.45) is 0. The zero-order chi connectivity index (χ0) is 15.6. The maximum absolute atomic E-state index is 14.0. The van der Waals surface area contributed by atoms with E-state index >= 15 is 0 Å². The zero-order valence-electron chi connectivity index (χ0n) is 11.4. The molecule has 0 bridgehead atoms. The predicted molar refractivity (Wildman–Crippen MR) is 80.1 cm³/mol. The maximum atomic E-state index is 14.0. The molecule has 1 atom stereocenters. The molecule has 0 aliphatic carbocycles. The number of rotatable bonds is 4. The number of hydrogen-bond donors (Lipinski definition) is 3. The van der Waals surface area contributed by atoms with Crippen molar-refractivity contribution in [2.45, 2.75) is 17.9 Å². The average molecular weight is 309 g/mol. The van der Waals surface area contributed by atoms with Gasteiger partial charge >= 0.3 is 0 Å². The summed E-state index contributed by atoms with van der Waals surface area (Å²) in [5, 5.41) is 7.87. The van der Waals surface area contributed by atoms with Crippen molar-refractivity contribution in [2.75, 3.05) is 5.32 Å². The minimum absolute atomic E-state index is 0.149. The van der Waals surface area contributed by atoms with Crippen LogP contribution < -0.4 is 16.2 Å². The lowest BCUT2D eigenvalue weighted by Crippen LogP contribution is -2.12. The quantitative estimate of drug-likeness (QED) is 0.806. The summed E-state index contributed by atoms with van der Waals surface area (Å²) in [5.74, 6) is -0.707. The van der Waals surface area contributed by atoms with Crippen molar-refractivity contribution in [1.82, 2.24) is 0 Å². The summed E-state index contributed by atoms with van der Waals surface area (Å²) < 4.78 is 36.3. The van der Waals surface area contributed by atoms with Crippen LogP contribution in [0.25, 0.3) is 0 Å². The van der Waals surface area contributed by atoms with Gasteiger partial charge in [-0.1, -0.05) is 18.2 Å². The van der Waals surface area contributed by atoms with Crippen LogP contribution in [0.5, 0.6) is 0 Å². The van der Waals surface area contributed by atoms with Crippen molar-refractivity contribution in [3.8, 4) is 0 Å². The van der Waals surface area contributed by atoms with Gasteiger partial charge in [-0.3, -0.25) is 0 Å². The van der Waals surface area contributed by atoms with Gasteiger partial charge in [-0.2, -0.15) is 0 Å². The van der Waals surface area contributed by atoms with Crippen LogP contribution in [0.4, 0.5) is 15.8 Å². The SMILES string of the molecule is CC(N)c1ccccc1Nc1ccc(S(N)(=O)=O)cc1F. The molecular formula is C14H16FN3O2S. The first kappa shape index (κ1) is 15.4. The Morgan fingerprint density at radius 2 is 1.81 bits per heavy atom. The highest BCUT2D eigenvalue weighted by molar-refractivity contribution is 7.89. The van der Waals surface area contributed by atoms with E-state index in [2.05, 4.69) is 5.32 Å². The number of nitrogens with one attached hydrogen (secondary N) is 1. The smallest absolute Gasteiger partial charge is 0.238 e. The molecule has 0 heterocycles. The van der Waals surface area contributed by atoms with Gasteiger partial charge in [0, 0.05) is 11.7 Å². The second-order valence-electron chi connectivity index (χ2n) is 4.69. The Kier molecular flexibility index (Phi) is 4.26. The van der Waals surface area contributed by atoms with Crippen molar-refractivity contribution in [1.29, 1.82) is 0 Å². The molecule has 5 N–H and O–H groups in total. The molecule has 0 fully saturated rings. The summed E-state index contributed by atoms with van der Waals surface area (Å²) in [6.45, 7) is 1.82. The Morgan fingerprint density at radius 1 is 1.14 bits per heavy atom. The van der Waals surface area contributed by atoms with E-state index in [1.807, 2.05) is 19.1 Å². The van der Waals surface area contributed by atoms with Gasteiger partial charge in [-0.05, 0) is 36.8 Å². The minimum Gasteiger partial charge on any atom is -0.353 e. The van der Waals surface area contributed by atoms with Gasteiger partial charge < -0.3 is 11.1 Å². The Morgan fingerprint density at radius 3 is 2.38 bits per heavy atom. The summed E-state index contributed by atoms with van der Waals surface area (Å²) in [4.78, 5) is -0.272. The fourth-order valence-corrected chi connectivity index (χ4v) is 2.45. The fourth-order valence-electron chi connectivity index (χ4n) is 1.93.